The van der Waals surface area contributed by atoms with Crippen LogP contribution in [0.1, 0.15) is 37.4 Å². The van der Waals surface area contributed by atoms with Crippen molar-refractivity contribution in [1.82, 2.24) is 5.32 Å². The number of aliphatic hydroxyl groups excluding tert-OH is 1. The molecule has 1 atom stereocenters. The van der Waals surface area contributed by atoms with Gasteiger partial charge in [0.1, 0.15) is 0 Å². The molecule has 0 radical (unpaired) electrons. The summed E-state index contributed by atoms with van der Waals surface area (Å²) in [5, 5.41) is 12.5. The molecular formula is C13H21NO. The third kappa shape index (κ3) is 3.65. The summed E-state index contributed by atoms with van der Waals surface area (Å²) in [4.78, 5) is 0. The molecule has 2 nitrogen and oxygen atoms in total. The van der Waals surface area contributed by atoms with E-state index in [1.807, 2.05) is 6.07 Å². The zero-order valence-corrected chi connectivity index (χ0v) is 9.83. The molecule has 1 rings (SSSR count). The number of aryl methyl sites for hydroxylation is 1. The number of nitrogens with one attached hydrogen (secondary N) is 1. The third-order valence-electron chi connectivity index (χ3n) is 2.52. The van der Waals surface area contributed by atoms with Gasteiger partial charge in [-0.1, -0.05) is 38.1 Å². The normalized spacial score (nSPS) is 13.1. The van der Waals surface area contributed by atoms with Gasteiger partial charge >= 0.3 is 0 Å². The van der Waals surface area contributed by atoms with Crippen LogP contribution in [0.2, 0.25) is 0 Å². The number of hydrogen-bond donors (Lipinski definition) is 2. The first kappa shape index (κ1) is 12.2. The molecule has 1 aromatic rings. The van der Waals surface area contributed by atoms with E-state index < -0.39 is 0 Å². The highest BCUT2D eigenvalue weighted by atomic mass is 16.3. The van der Waals surface area contributed by atoms with E-state index in [2.05, 4.69) is 44.3 Å². The van der Waals surface area contributed by atoms with E-state index in [-0.39, 0.29) is 12.6 Å². The Morgan fingerprint density at radius 3 is 2.47 bits per heavy atom. The van der Waals surface area contributed by atoms with Crippen molar-refractivity contribution in [3.8, 4) is 0 Å². The van der Waals surface area contributed by atoms with Gasteiger partial charge in [0.25, 0.3) is 0 Å². The van der Waals surface area contributed by atoms with Gasteiger partial charge in [-0.2, -0.15) is 0 Å². The molecule has 0 aliphatic rings. The lowest BCUT2D eigenvalue weighted by atomic mass is 9.98. The summed E-state index contributed by atoms with van der Waals surface area (Å²) in [6, 6.07) is 9.03. The molecule has 0 aromatic heterocycles. The number of rotatable bonds is 5. The van der Waals surface area contributed by atoms with Crippen LogP contribution < -0.4 is 5.32 Å². The number of hydrogen-bond acceptors (Lipinski definition) is 2. The van der Waals surface area contributed by atoms with Crippen LogP contribution in [0.25, 0.3) is 0 Å². The van der Waals surface area contributed by atoms with Crippen LogP contribution >= 0.6 is 0 Å². The van der Waals surface area contributed by atoms with Crippen LogP contribution in [-0.4, -0.2) is 17.8 Å². The second-order valence-corrected chi connectivity index (χ2v) is 4.24. The lowest BCUT2D eigenvalue weighted by Crippen LogP contribution is -2.29. The molecular weight excluding hydrogens is 186 g/mol. The van der Waals surface area contributed by atoms with Crippen molar-refractivity contribution in [3.05, 3.63) is 35.4 Å². The molecule has 2 heteroatoms. The molecule has 15 heavy (non-hydrogen) atoms. The molecule has 0 bridgehead atoms. The minimum atomic E-state index is 0.221. The maximum Gasteiger partial charge on any atom is 0.0449 e. The molecule has 2 N–H and O–H groups in total. The second-order valence-electron chi connectivity index (χ2n) is 4.24. The second kappa shape index (κ2) is 5.89. The van der Waals surface area contributed by atoms with Crippen molar-refractivity contribution in [2.24, 2.45) is 0 Å². The van der Waals surface area contributed by atoms with Crippen molar-refractivity contribution >= 4 is 0 Å². The first-order valence-corrected chi connectivity index (χ1v) is 5.57. The predicted molar refractivity (Wildman–Crippen MR) is 63.9 cm³/mol. The van der Waals surface area contributed by atoms with E-state index in [1.165, 1.54) is 11.1 Å². The Hall–Kier alpha value is -0.860. The standard InChI is InChI=1S/C13H21NO/c1-10(2)14-13(8-9-15)12-7-5-4-6-11(12)3/h4-7,10,13-15H,8-9H2,1-3H3. The van der Waals surface area contributed by atoms with Gasteiger partial charge in [0.2, 0.25) is 0 Å². The molecule has 0 amide bonds. The third-order valence-corrected chi connectivity index (χ3v) is 2.52. The molecule has 0 saturated heterocycles. The van der Waals surface area contributed by atoms with Gasteiger partial charge in [0.15, 0.2) is 0 Å². The van der Waals surface area contributed by atoms with Crippen molar-refractivity contribution in [1.29, 1.82) is 0 Å². The summed E-state index contributed by atoms with van der Waals surface area (Å²) >= 11 is 0. The summed E-state index contributed by atoms with van der Waals surface area (Å²) in [7, 11) is 0. The van der Waals surface area contributed by atoms with Gasteiger partial charge < -0.3 is 10.4 Å². The highest BCUT2D eigenvalue weighted by Crippen LogP contribution is 2.20. The molecule has 0 saturated carbocycles. The van der Waals surface area contributed by atoms with Crippen molar-refractivity contribution in [3.63, 3.8) is 0 Å². The molecule has 84 valence electrons. The topological polar surface area (TPSA) is 32.3 Å². The Morgan fingerprint density at radius 2 is 1.93 bits per heavy atom. The van der Waals surface area contributed by atoms with Gasteiger partial charge in [0.05, 0.1) is 0 Å². The Kier molecular flexibility index (Phi) is 4.79. The maximum atomic E-state index is 9.06. The molecule has 0 aliphatic heterocycles. The molecule has 0 heterocycles. The van der Waals surface area contributed by atoms with Crippen LogP contribution in [-0.2, 0) is 0 Å². The largest absolute Gasteiger partial charge is 0.396 e. The fraction of sp³-hybridized carbons (Fsp3) is 0.538. The quantitative estimate of drug-likeness (QED) is 0.777. The minimum absolute atomic E-state index is 0.221. The van der Waals surface area contributed by atoms with Crippen LogP contribution in [0, 0.1) is 6.92 Å². The van der Waals surface area contributed by atoms with E-state index in [1.54, 1.807) is 0 Å². The van der Waals surface area contributed by atoms with Gasteiger partial charge in [-0.05, 0) is 24.5 Å². The predicted octanol–water partition coefficient (Wildman–Crippen LogP) is 2.42. The van der Waals surface area contributed by atoms with Crippen LogP contribution in [0.5, 0.6) is 0 Å². The number of benzene rings is 1. The van der Waals surface area contributed by atoms with Crippen molar-refractivity contribution in [2.45, 2.75) is 39.3 Å². The lowest BCUT2D eigenvalue weighted by Gasteiger charge is -2.22. The molecule has 0 aliphatic carbocycles. The van der Waals surface area contributed by atoms with Gasteiger partial charge in [-0.25, -0.2) is 0 Å². The fourth-order valence-electron chi connectivity index (χ4n) is 1.84. The Morgan fingerprint density at radius 1 is 1.27 bits per heavy atom. The minimum Gasteiger partial charge on any atom is -0.396 e. The Labute approximate surface area is 92.3 Å². The fourth-order valence-corrected chi connectivity index (χ4v) is 1.84. The molecule has 1 aromatic carbocycles. The van der Waals surface area contributed by atoms with Crippen LogP contribution in [0.15, 0.2) is 24.3 Å². The summed E-state index contributed by atoms with van der Waals surface area (Å²) < 4.78 is 0. The van der Waals surface area contributed by atoms with E-state index >= 15 is 0 Å². The average Bonchev–Trinajstić information content (AvgIpc) is 2.17. The highest BCUT2D eigenvalue weighted by Gasteiger charge is 2.13. The SMILES string of the molecule is Cc1ccccc1C(CCO)NC(C)C. The summed E-state index contributed by atoms with van der Waals surface area (Å²) in [5.41, 5.74) is 2.57. The van der Waals surface area contributed by atoms with Crippen molar-refractivity contribution in [2.75, 3.05) is 6.61 Å². The van der Waals surface area contributed by atoms with Gasteiger partial charge in [0, 0.05) is 18.7 Å². The first-order chi connectivity index (χ1) is 7.15. The average molecular weight is 207 g/mol. The summed E-state index contributed by atoms with van der Waals surface area (Å²) in [6.07, 6.45) is 0.767. The molecule has 1 unspecified atom stereocenters. The zero-order chi connectivity index (χ0) is 11.3. The van der Waals surface area contributed by atoms with E-state index in [0.29, 0.717) is 6.04 Å². The van der Waals surface area contributed by atoms with E-state index in [9.17, 15) is 0 Å². The molecule has 0 fully saturated rings. The van der Waals surface area contributed by atoms with Gasteiger partial charge in [-0.3, -0.25) is 0 Å². The number of aliphatic hydroxyl groups is 1. The maximum absolute atomic E-state index is 9.06. The molecule has 0 spiro atoms. The van der Waals surface area contributed by atoms with Gasteiger partial charge in [-0.15, -0.1) is 0 Å². The van der Waals surface area contributed by atoms with E-state index in [4.69, 9.17) is 5.11 Å². The Balaban J connectivity index is 2.83. The summed E-state index contributed by atoms with van der Waals surface area (Å²) in [6.45, 7) is 6.59. The van der Waals surface area contributed by atoms with Crippen LogP contribution in [0.4, 0.5) is 0 Å². The van der Waals surface area contributed by atoms with Crippen molar-refractivity contribution < 1.29 is 5.11 Å². The smallest absolute Gasteiger partial charge is 0.0449 e. The monoisotopic (exact) mass is 207 g/mol. The van der Waals surface area contributed by atoms with E-state index in [0.717, 1.165) is 6.42 Å². The highest BCUT2D eigenvalue weighted by molar-refractivity contribution is 5.28. The zero-order valence-electron chi connectivity index (χ0n) is 9.83. The summed E-state index contributed by atoms with van der Waals surface area (Å²) in [5.74, 6) is 0. The lowest BCUT2D eigenvalue weighted by molar-refractivity contribution is 0.261. The Bertz CT molecular complexity index is 296. The van der Waals surface area contributed by atoms with Crippen LogP contribution in [0.3, 0.4) is 0 Å². The first-order valence-electron chi connectivity index (χ1n) is 5.57.